The number of carbonyl (C=O) groups excluding carboxylic acids is 1. The number of hydrogen-bond acceptors (Lipinski definition) is 5. The van der Waals surface area contributed by atoms with Gasteiger partial charge in [0.25, 0.3) is 0 Å². The second kappa shape index (κ2) is 4.73. The van der Waals surface area contributed by atoms with Crippen molar-refractivity contribution in [3.05, 3.63) is 24.3 Å². The van der Waals surface area contributed by atoms with Crippen LogP contribution in [0.25, 0.3) is 11.2 Å². The number of carbonyl (C=O) groups is 1. The third-order valence-corrected chi connectivity index (χ3v) is 2.46. The van der Waals surface area contributed by atoms with E-state index in [1.54, 1.807) is 20.2 Å². The number of fused-ring (bicyclic) bond motifs is 1. The minimum absolute atomic E-state index is 0.0705. The standard InChI is InChI=1S/C11H13N5O/c1-7(8(2)17)3-4-12-10-9-11(14-5-13-9)16-6-15-10/h3,5-6H,4H2,1-2H3,(H2,12,13,14,15,16)/b7-3-. The van der Waals surface area contributed by atoms with E-state index < -0.39 is 0 Å². The number of rotatable bonds is 4. The van der Waals surface area contributed by atoms with Gasteiger partial charge in [-0.2, -0.15) is 0 Å². The van der Waals surface area contributed by atoms with Crippen LogP contribution in [0.3, 0.4) is 0 Å². The minimum atomic E-state index is 0.0705. The predicted molar refractivity (Wildman–Crippen MR) is 64.6 cm³/mol. The maximum absolute atomic E-state index is 11.0. The molecule has 0 radical (unpaired) electrons. The number of allylic oxidation sites excluding steroid dienone is 1. The Balaban J connectivity index is 2.12. The van der Waals surface area contributed by atoms with Gasteiger partial charge < -0.3 is 10.3 Å². The first kappa shape index (κ1) is 11.3. The first-order valence-corrected chi connectivity index (χ1v) is 5.24. The molecule has 88 valence electrons. The van der Waals surface area contributed by atoms with Crippen LogP contribution in [0.5, 0.6) is 0 Å². The number of anilines is 1. The lowest BCUT2D eigenvalue weighted by molar-refractivity contribution is -0.113. The molecule has 0 aliphatic carbocycles. The van der Waals surface area contributed by atoms with Crippen molar-refractivity contribution in [2.75, 3.05) is 11.9 Å². The lowest BCUT2D eigenvalue weighted by Crippen LogP contribution is -2.04. The number of nitrogens with one attached hydrogen (secondary N) is 2. The molecule has 0 aliphatic rings. The number of H-pyrrole nitrogens is 1. The van der Waals surface area contributed by atoms with Crippen molar-refractivity contribution in [2.24, 2.45) is 0 Å². The summed E-state index contributed by atoms with van der Waals surface area (Å²) in [5.41, 5.74) is 2.11. The van der Waals surface area contributed by atoms with Crippen molar-refractivity contribution >= 4 is 22.8 Å². The second-order valence-electron chi connectivity index (χ2n) is 3.65. The van der Waals surface area contributed by atoms with Gasteiger partial charge in [-0.1, -0.05) is 6.08 Å². The molecule has 0 atom stereocenters. The molecule has 2 aromatic rings. The van der Waals surface area contributed by atoms with Crippen LogP contribution >= 0.6 is 0 Å². The van der Waals surface area contributed by atoms with Crippen molar-refractivity contribution in [2.45, 2.75) is 13.8 Å². The van der Waals surface area contributed by atoms with E-state index in [1.165, 1.54) is 6.33 Å². The normalized spacial score (nSPS) is 11.8. The number of nitrogens with zero attached hydrogens (tertiary/aromatic N) is 3. The van der Waals surface area contributed by atoms with Crippen molar-refractivity contribution < 1.29 is 4.79 Å². The third-order valence-electron chi connectivity index (χ3n) is 2.46. The average molecular weight is 231 g/mol. The van der Waals surface area contributed by atoms with Crippen LogP contribution in [0.4, 0.5) is 5.82 Å². The summed E-state index contributed by atoms with van der Waals surface area (Å²) in [6, 6.07) is 0. The van der Waals surface area contributed by atoms with E-state index in [-0.39, 0.29) is 5.78 Å². The van der Waals surface area contributed by atoms with E-state index >= 15 is 0 Å². The summed E-state index contributed by atoms with van der Waals surface area (Å²) < 4.78 is 0. The minimum Gasteiger partial charge on any atom is -0.365 e. The monoisotopic (exact) mass is 231 g/mol. The zero-order chi connectivity index (χ0) is 12.3. The molecule has 0 saturated carbocycles. The summed E-state index contributed by atoms with van der Waals surface area (Å²) in [5.74, 6) is 0.751. The van der Waals surface area contributed by atoms with Gasteiger partial charge in [-0.3, -0.25) is 4.79 Å². The van der Waals surface area contributed by atoms with Gasteiger partial charge in [0.15, 0.2) is 17.2 Å². The van der Waals surface area contributed by atoms with Crippen molar-refractivity contribution in [1.29, 1.82) is 0 Å². The summed E-state index contributed by atoms with van der Waals surface area (Å²) >= 11 is 0. The molecular formula is C11H13N5O. The lowest BCUT2D eigenvalue weighted by Gasteiger charge is -2.03. The molecule has 0 saturated heterocycles. The fourth-order valence-electron chi connectivity index (χ4n) is 1.34. The largest absolute Gasteiger partial charge is 0.365 e. The van der Waals surface area contributed by atoms with Crippen LogP contribution in [0, 0.1) is 0 Å². The molecule has 6 nitrogen and oxygen atoms in total. The molecule has 0 fully saturated rings. The number of aromatic nitrogens is 4. The Labute approximate surface area is 98.2 Å². The van der Waals surface area contributed by atoms with E-state index in [2.05, 4.69) is 25.3 Å². The molecule has 0 amide bonds. The molecule has 2 N–H and O–H groups in total. The average Bonchev–Trinajstić information content (AvgIpc) is 2.77. The zero-order valence-corrected chi connectivity index (χ0v) is 9.69. The maximum Gasteiger partial charge on any atom is 0.182 e. The third kappa shape index (κ3) is 2.47. The molecule has 0 aliphatic heterocycles. The van der Waals surface area contributed by atoms with E-state index in [0.717, 1.165) is 11.1 Å². The van der Waals surface area contributed by atoms with Gasteiger partial charge in [0.05, 0.1) is 6.33 Å². The summed E-state index contributed by atoms with van der Waals surface area (Å²) in [5, 5.41) is 3.11. The van der Waals surface area contributed by atoms with Crippen LogP contribution in [-0.2, 0) is 4.79 Å². The lowest BCUT2D eigenvalue weighted by atomic mass is 10.2. The highest BCUT2D eigenvalue weighted by Gasteiger charge is 2.04. The van der Waals surface area contributed by atoms with Gasteiger partial charge in [0, 0.05) is 6.54 Å². The fourth-order valence-corrected chi connectivity index (χ4v) is 1.34. The number of ketones is 1. The first-order chi connectivity index (χ1) is 8.18. The Hall–Kier alpha value is -2.24. The van der Waals surface area contributed by atoms with E-state index in [9.17, 15) is 4.79 Å². The van der Waals surface area contributed by atoms with Gasteiger partial charge in [-0.25, -0.2) is 15.0 Å². The van der Waals surface area contributed by atoms with Gasteiger partial charge in [0.2, 0.25) is 0 Å². The van der Waals surface area contributed by atoms with E-state index in [0.29, 0.717) is 18.0 Å². The Kier molecular flexibility index (Phi) is 3.13. The van der Waals surface area contributed by atoms with Crippen molar-refractivity contribution in [1.82, 2.24) is 19.9 Å². The van der Waals surface area contributed by atoms with Crippen LogP contribution < -0.4 is 5.32 Å². The molecular weight excluding hydrogens is 218 g/mol. The molecule has 0 spiro atoms. The van der Waals surface area contributed by atoms with Crippen molar-refractivity contribution in [3.8, 4) is 0 Å². The molecule has 0 aromatic carbocycles. The topological polar surface area (TPSA) is 83.6 Å². The van der Waals surface area contributed by atoms with Crippen LogP contribution in [0.1, 0.15) is 13.8 Å². The molecule has 0 unspecified atom stereocenters. The Bertz CT molecular complexity index is 572. The van der Waals surface area contributed by atoms with Gasteiger partial charge in [-0.15, -0.1) is 0 Å². The zero-order valence-electron chi connectivity index (χ0n) is 9.69. The Morgan fingerprint density at radius 2 is 2.24 bits per heavy atom. The number of aromatic amines is 1. The highest BCUT2D eigenvalue weighted by atomic mass is 16.1. The molecule has 17 heavy (non-hydrogen) atoms. The van der Waals surface area contributed by atoms with Gasteiger partial charge in [0.1, 0.15) is 11.8 Å². The SMILES string of the molecule is CC(=O)/C(C)=C\CNc1ncnc2nc[nH]c12. The van der Waals surface area contributed by atoms with Crippen LogP contribution in [0.15, 0.2) is 24.3 Å². The number of hydrogen-bond donors (Lipinski definition) is 2. The molecule has 2 aromatic heterocycles. The maximum atomic E-state index is 11.0. The summed E-state index contributed by atoms with van der Waals surface area (Å²) in [6.45, 7) is 3.87. The molecule has 0 bridgehead atoms. The summed E-state index contributed by atoms with van der Waals surface area (Å²) in [4.78, 5) is 26.1. The highest BCUT2D eigenvalue weighted by Crippen LogP contribution is 2.13. The first-order valence-electron chi connectivity index (χ1n) is 5.24. The molecule has 2 heterocycles. The van der Waals surface area contributed by atoms with Crippen molar-refractivity contribution in [3.63, 3.8) is 0 Å². The predicted octanol–water partition coefficient (Wildman–Crippen LogP) is 1.30. The molecule has 6 heteroatoms. The highest BCUT2D eigenvalue weighted by molar-refractivity contribution is 5.92. The van der Waals surface area contributed by atoms with E-state index in [4.69, 9.17) is 0 Å². The number of Topliss-reactive ketones (excluding diaryl/α,β-unsaturated/α-hetero) is 1. The number of imidazole rings is 1. The Morgan fingerprint density at radius 3 is 3.00 bits per heavy atom. The van der Waals surface area contributed by atoms with Gasteiger partial charge >= 0.3 is 0 Å². The Morgan fingerprint density at radius 1 is 1.41 bits per heavy atom. The fraction of sp³-hybridized carbons (Fsp3) is 0.273. The molecule has 2 rings (SSSR count). The summed E-state index contributed by atoms with van der Waals surface area (Å²) in [7, 11) is 0. The smallest absolute Gasteiger partial charge is 0.182 e. The van der Waals surface area contributed by atoms with E-state index in [1.807, 2.05) is 6.08 Å². The van der Waals surface area contributed by atoms with Gasteiger partial charge in [-0.05, 0) is 19.4 Å². The van der Waals surface area contributed by atoms with Crippen LogP contribution in [0.2, 0.25) is 0 Å². The van der Waals surface area contributed by atoms with Crippen LogP contribution in [-0.4, -0.2) is 32.3 Å². The summed E-state index contributed by atoms with van der Waals surface area (Å²) in [6.07, 6.45) is 4.85. The second-order valence-corrected chi connectivity index (χ2v) is 3.65. The quantitative estimate of drug-likeness (QED) is 0.775.